The minimum atomic E-state index is -0.809. The summed E-state index contributed by atoms with van der Waals surface area (Å²) in [6, 6.07) is 2.51. The SMILES string of the molecule is CCCCCC1CCC(C#Cc2ccc(F)nc2F)CC1. The normalized spacial score (nSPS) is 21.7. The molecule has 0 aliphatic heterocycles. The van der Waals surface area contributed by atoms with Gasteiger partial charge >= 0.3 is 0 Å². The predicted molar refractivity (Wildman–Crippen MR) is 80.6 cm³/mol. The Morgan fingerprint density at radius 3 is 2.57 bits per heavy atom. The Balaban J connectivity index is 1.82. The van der Waals surface area contributed by atoms with Crippen LogP contribution < -0.4 is 0 Å². The van der Waals surface area contributed by atoms with E-state index in [4.69, 9.17) is 0 Å². The molecule has 0 atom stereocenters. The smallest absolute Gasteiger partial charge is 0.189 e. The monoisotopic (exact) mass is 291 g/mol. The molecule has 0 spiro atoms. The molecule has 1 aromatic heterocycles. The van der Waals surface area contributed by atoms with Crippen molar-refractivity contribution in [2.45, 2.75) is 58.3 Å². The van der Waals surface area contributed by atoms with Crippen LogP contribution in [0.5, 0.6) is 0 Å². The summed E-state index contributed by atoms with van der Waals surface area (Å²) >= 11 is 0. The van der Waals surface area contributed by atoms with Crippen molar-refractivity contribution >= 4 is 0 Å². The minimum Gasteiger partial charge on any atom is -0.189 e. The molecule has 0 amide bonds. The zero-order chi connectivity index (χ0) is 15.1. The fourth-order valence-corrected chi connectivity index (χ4v) is 2.96. The molecule has 21 heavy (non-hydrogen) atoms. The summed E-state index contributed by atoms with van der Waals surface area (Å²) in [5.74, 6) is 5.54. The maximum atomic E-state index is 13.4. The van der Waals surface area contributed by atoms with Crippen LogP contribution in [-0.4, -0.2) is 4.98 Å². The van der Waals surface area contributed by atoms with Crippen LogP contribution in [0.25, 0.3) is 0 Å². The molecule has 1 fully saturated rings. The van der Waals surface area contributed by atoms with E-state index in [1.165, 1.54) is 44.6 Å². The van der Waals surface area contributed by atoms with E-state index in [1.807, 2.05) is 0 Å². The first-order valence-electron chi connectivity index (χ1n) is 8.02. The molecule has 1 heterocycles. The van der Waals surface area contributed by atoms with Crippen LogP contribution in [0, 0.1) is 35.6 Å². The van der Waals surface area contributed by atoms with E-state index >= 15 is 0 Å². The molecular formula is C18H23F2N. The molecule has 114 valence electrons. The zero-order valence-corrected chi connectivity index (χ0v) is 12.7. The first kappa shape index (κ1) is 15.9. The van der Waals surface area contributed by atoms with Crippen molar-refractivity contribution in [1.29, 1.82) is 0 Å². The minimum absolute atomic E-state index is 0.196. The van der Waals surface area contributed by atoms with Crippen molar-refractivity contribution in [3.05, 3.63) is 29.6 Å². The van der Waals surface area contributed by atoms with Gasteiger partial charge < -0.3 is 0 Å². The van der Waals surface area contributed by atoms with Crippen LogP contribution in [-0.2, 0) is 0 Å². The lowest BCUT2D eigenvalue weighted by atomic mass is 9.80. The zero-order valence-electron chi connectivity index (χ0n) is 12.7. The lowest BCUT2D eigenvalue weighted by molar-refractivity contribution is 0.294. The van der Waals surface area contributed by atoms with E-state index < -0.39 is 11.9 Å². The Labute approximate surface area is 126 Å². The molecule has 1 nitrogen and oxygen atoms in total. The standard InChI is InChI=1S/C18H23F2N/c1-2-3-4-5-14-6-8-15(9-7-14)10-11-16-12-13-17(19)21-18(16)20/h12-15H,2-9H2,1H3. The van der Waals surface area contributed by atoms with Crippen molar-refractivity contribution in [3.8, 4) is 11.8 Å². The third-order valence-corrected chi connectivity index (χ3v) is 4.29. The number of halogens is 2. The largest absolute Gasteiger partial charge is 0.231 e. The molecule has 0 N–H and O–H groups in total. The summed E-state index contributed by atoms with van der Waals surface area (Å²) in [4.78, 5) is 3.16. The van der Waals surface area contributed by atoms with E-state index in [0.29, 0.717) is 5.92 Å². The van der Waals surface area contributed by atoms with E-state index in [9.17, 15) is 8.78 Å². The molecular weight excluding hydrogens is 268 g/mol. The first-order chi connectivity index (χ1) is 10.2. The highest BCUT2D eigenvalue weighted by Gasteiger charge is 2.19. The van der Waals surface area contributed by atoms with Gasteiger partial charge in [0, 0.05) is 5.92 Å². The van der Waals surface area contributed by atoms with E-state index in [0.717, 1.165) is 24.8 Å². The molecule has 1 aliphatic carbocycles. The molecule has 2 rings (SSSR count). The van der Waals surface area contributed by atoms with Gasteiger partial charge in [0.1, 0.15) is 0 Å². The van der Waals surface area contributed by atoms with E-state index in [1.54, 1.807) is 0 Å². The van der Waals surface area contributed by atoms with Crippen molar-refractivity contribution in [2.24, 2.45) is 11.8 Å². The third-order valence-electron chi connectivity index (χ3n) is 4.29. The van der Waals surface area contributed by atoms with Gasteiger partial charge in [0.25, 0.3) is 0 Å². The highest BCUT2D eigenvalue weighted by Crippen LogP contribution is 2.31. The van der Waals surface area contributed by atoms with Crippen LogP contribution in [0.3, 0.4) is 0 Å². The van der Waals surface area contributed by atoms with Crippen molar-refractivity contribution in [1.82, 2.24) is 4.98 Å². The summed E-state index contributed by atoms with van der Waals surface area (Å²) in [5.41, 5.74) is 0.196. The fraction of sp³-hybridized carbons (Fsp3) is 0.611. The predicted octanol–water partition coefficient (Wildman–Crippen LogP) is 5.10. The second-order valence-electron chi connectivity index (χ2n) is 5.96. The molecule has 1 aromatic rings. The van der Waals surface area contributed by atoms with Gasteiger partial charge in [-0.2, -0.15) is 13.8 Å². The van der Waals surface area contributed by atoms with Crippen LogP contribution >= 0.6 is 0 Å². The van der Waals surface area contributed by atoms with Gasteiger partial charge in [-0.3, -0.25) is 0 Å². The van der Waals surface area contributed by atoms with Crippen molar-refractivity contribution < 1.29 is 8.78 Å². The highest BCUT2D eigenvalue weighted by molar-refractivity contribution is 5.33. The number of hydrogen-bond donors (Lipinski definition) is 0. The van der Waals surface area contributed by atoms with Gasteiger partial charge in [0.15, 0.2) is 0 Å². The summed E-state index contributed by atoms with van der Waals surface area (Å²) < 4.78 is 26.1. The average molecular weight is 291 g/mol. The summed E-state index contributed by atoms with van der Waals surface area (Å²) in [5, 5.41) is 0. The number of aromatic nitrogens is 1. The number of nitrogens with zero attached hydrogens (tertiary/aromatic N) is 1. The average Bonchev–Trinajstić information content (AvgIpc) is 2.48. The number of unbranched alkanes of at least 4 members (excludes halogenated alkanes) is 2. The van der Waals surface area contributed by atoms with E-state index in [2.05, 4.69) is 23.7 Å². The van der Waals surface area contributed by atoms with Gasteiger partial charge in [-0.05, 0) is 43.7 Å². The molecule has 0 unspecified atom stereocenters. The maximum Gasteiger partial charge on any atom is 0.231 e. The number of rotatable bonds is 4. The summed E-state index contributed by atoms with van der Waals surface area (Å²) in [7, 11) is 0. The van der Waals surface area contributed by atoms with Gasteiger partial charge in [0.05, 0.1) is 5.56 Å². The molecule has 0 saturated heterocycles. The second kappa shape index (κ2) is 8.12. The highest BCUT2D eigenvalue weighted by atomic mass is 19.1. The van der Waals surface area contributed by atoms with Gasteiger partial charge in [-0.15, -0.1) is 0 Å². The fourth-order valence-electron chi connectivity index (χ4n) is 2.96. The molecule has 1 aliphatic rings. The van der Waals surface area contributed by atoms with Gasteiger partial charge in [0.2, 0.25) is 11.9 Å². The Bertz CT molecular complexity index is 508. The number of pyridine rings is 1. The molecule has 3 heteroatoms. The topological polar surface area (TPSA) is 12.9 Å². The Hall–Kier alpha value is -1.43. The lowest BCUT2D eigenvalue weighted by Crippen LogP contribution is -2.13. The van der Waals surface area contributed by atoms with E-state index in [-0.39, 0.29) is 5.56 Å². The Morgan fingerprint density at radius 2 is 1.90 bits per heavy atom. The Kier molecular flexibility index (Phi) is 6.17. The van der Waals surface area contributed by atoms with Crippen molar-refractivity contribution in [3.63, 3.8) is 0 Å². The first-order valence-corrected chi connectivity index (χ1v) is 8.02. The van der Waals surface area contributed by atoms with Gasteiger partial charge in [-0.1, -0.05) is 44.4 Å². The molecule has 0 aromatic carbocycles. The summed E-state index contributed by atoms with van der Waals surface area (Å²) in [6.07, 6.45) is 9.93. The van der Waals surface area contributed by atoms with Crippen molar-refractivity contribution in [2.75, 3.05) is 0 Å². The maximum absolute atomic E-state index is 13.4. The molecule has 0 bridgehead atoms. The number of hydrogen-bond acceptors (Lipinski definition) is 1. The molecule has 1 saturated carbocycles. The molecule has 0 radical (unpaired) electrons. The van der Waals surface area contributed by atoms with Gasteiger partial charge in [-0.25, -0.2) is 0 Å². The third kappa shape index (κ3) is 5.12. The second-order valence-corrected chi connectivity index (χ2v) is 5.96. The van der Waals surface area contributed by atoms with Crippen LogP contribution in [0.4, 0.5) is 8.78 Å². The Morgan fingerprint density at radius 1 is 1.14 bits per heavy atom. The van der Waals surface area contributed by atoms with Crippen LogP contribution in [0.2, 0.25) is 0 Å². The van der Waals surface area contributed by atoms with Crippen LogP contribution in [0.15, 0.2) is 12.1 Å². The lowest BCUT2D eigenvalue weighted by Gasteiger charge is -2.25. The van der Waals surface area contributed by atoms with Crippen LogP contribution in [0.1, 0.15) is 63.9 Å². The summed E-state index contributed by atoms with van der Waals surface area (Å²) in [6.45, 7) is 2.23. The quantitative estimate of drug-likeness (QED) is 0.427.